The van der Waals surface area contributed by atoms with Gasteiger partial charge >= 0.3 is 12.3 Å². The highest BCUT2D eigenvalue weighted by atomic mass is 19.4. The van der Waals surface area contributed by atoms with Gasteiger partial charge in [-0.25, -0.2) is 9.80 Å². The summed E-state index contributed by atoms with van der Waals surface area (Å²) < 4.78 is 46.3. The van der Waals surface area contributed by atoms with Gasteiger partial charge in [-0.15, -0.1) is 0 Å². The molecule has 3 rings (SSSR count). The zero-order chi connectivity index (χ0) is 26.8. The van der Waals surface area contributed by atoms with Gasteiger partial charge in [-0.05, 0) is 63.9 Å². The van der Waals surface area contributed by atoms with Crippen LogP contribution < -0.4 is 10.2 Å². The lowest BCUT2D eigenvalue weighted by atomic mass is 10.1. The second-order valence-corrected chi connectivity index (χ2v) is 9.31. The molecular formula is C25H27F3N4O4. The molecule has 0 spiro atoms. The molecule has 0 saturated carbocycles. The second-order valence-electron chi connectivity index (χ2n) is 9.31. The third-order valence-electron chi connectivity index (χ3n) is 5.27. The highest BCUT2D eigenvalue weighted by Crippen LogP contribution is 2.34. The van der Waals surface area contributed by atoms with E-state index >= 15 is 0 Å². The fourth-order valence-corrected chi connectivity index (χ4v) is 3.51. The smallest absolute Gasteiger partial charge is 0.426 e. The van der Waals surface area contributed by atoms with E-state index in [4.69, 9.17) is 4.74 Å². The maximum absolute atomic E-state index is 13.3. The molecule has 2 N–H and O–H groups in total. The van der Waals surface area contributed by atoms with Crippen LogP contribution >= 0.6 is 0 Å². The van der Waals surface area contributed by atoms with Crippen LogP contribution in [0.4, 0.5) is 18.0 Å². The van der Waals surface area contributed by atoms with E-state index in [1.165, 1.54) is 23.0 Å². The predicted molar refractivity (Wildman–Crippen MR) is 126 cm³/mol. The molecule has 0 unspecified atom stereocenters. The fourth-order valence-electron chi connectivity index (χ4n) is 3.51. The Morgan fingerprint density at radius 2 is 1.81 bits per heavy atom. The molecule has 2 aromatic carbocycles. The minimum absolute atomic E-state index is 0.124. The van der Waals surface area contributed by atoms with E-state index in [2.05, 4.69) is 10.5 Å². The molecule has 8 nitrogen and oxygen atoms in total. The number of aryl methyl sites for hydroxylation is 2. The second kappa shape index (κ2) is 9.92. The molecule has 0 bridgehead atoms. The number of alkyl halides is 3. The summed E-state index contributed by atoms with van der Waals surface area (Å²) in [5.74, 6) is -1.13. The van der Waals surface area contributed by atoms with Gasteiger partial charge in [0.05, 0.1) is 23.8 Å². The van der Waals surface area contributed by atoms with E-state index in [0.717, 1.165) is 28.3 Å². The number of nitrogens with zero attached hydrogens (tertiary/aromatic N) is 3. The molecule has 0 aliphatic heterocycles. The summed E-state index contributed by atoms with van der Waals surface area (Å²) in [6.45, 7) is 8.90. The third-order valence-corrected chi connectivity index (χ3v) is 5.27. The Balaban J connectivity index is 1.95. The van der Waals surface area contributed by atoms with E-state index in [1.807, 2.05) is 26.0 Å². The van der Waals surface area contributed by atoms with E-state index < -0.39 is 29.3 Å². The minimum atomic E-state index is -4.58. The zero-order valence-electron chi connectivity index (χ0n) is 20.5. The van der Waals surface area contributed by atoms with Gasteiger partial charge in [0.2, 0.25) is 0 Å². The van der Waals surface area contributed by atoms with Crippen LogP contribution in [0.25, 0.3) is 0 Å². The average molecular weight is 505 g/mol. The van der Waals surface area contributed by atoms with Crippen molar-refractivity contribution in [3.8, 4) is 11.5 Å². The van der Waals surface area contributed by atoms with Crippen molar-refractivity contribution in [1.82, 2.24) is 20.2 Å². The Hall–Kier alpha value is -4.02. The first kappa shape index (κ1) is 26.6. The Morgan fingerprint density at radius 3 is 2.39 bits per heavy atom. The molecule has 0 aliphatic carbocycles. The van der Waals surface area contributed by atoms with Crippen LogP contribution in [0.15, 0.2) is 48.7 Å². The lowest BCUT2D eigenvalue weighted by molar-refractivity contribution is -0.137. The number of amides is 2. The van der Waals surface area contributed by atoms with Gasteiger partial charge in [0.1, 0.15) is 5.75 Å². The van der Waals surface area contributed by atoms with Gasteiger partial charge in [0.25, 0.3) is 5.91 Å². The number of benzene rings is 2. The van der Waals surface area contributed by atoms with Crippen LogP contribution in [0.3, 0.4) is 0 Å². The largest absolute Gasteiger partial charge is 0.464 e. The predicted octanol–water partition coefficient (Wildman–Crippen LogP) is 5.89. The summed E-state index contributed by atoms with van der Waals surface area (Å²) in [7, 11) is 0. The molecule has 0 saturated heterocycles. The van der Waals surface area contributed by atoms with E-state index in [-0.39, 0.29) is 23.7 Å². The molecule has 0 aliphatic rings. The Kier molecular flexibility index (Phi) is 7.33. The van der Waals surface area contributed by atoms with Crippen molar-refractivity contribution < 1.29 is 32.6 Å². The van der Waals surface area contributed by atoms with Crippen LogP contribution in [0.1, 0.15) is 53.5 Å². The topological polar surface area (TPSA) is 96.7 Å². The molecule has 0 radical (unpaired) electrons. The van der Waals surface area contributed by atoms with Crippen LogP contribution in [0, 0.1) is 13.8 Å². The number of nitrogens with one attached hydrogen (secondary N) is 1. The van der Waals surface area contributed by atoms with Crippen LogP contribution in [-0.2, 0) is 18.3 Å². The van der Waals surface area contributed by atoms with Gasteiger partial charge in [-0.2, -0.15) is 18.3 Å². The molecule has 36 heavy (non-hydrogen) atoms. The van der Waals surface area contributed by atoms with Crippen molar-refractivity contribution in [2.45, 2.75) is 52.9 Å². The SMILES string of the molecule is Cc1ccc(CN(NC(=O)c2c(Oc3cccc(C(F)(F)F)c3)cnn2C(C)(C)C)C(=O)O)c(C)c1. The van der Waals surface area contributed by atoms with Crippen LogP contribution in [-0.4, -0.2) is 31.9 Å². The van der Waals surface area contributed by atoms with Gasteiger partial charge in [-0.3, -0.25) is 14.9 Å². The first-order valence-electron chi connectivity index (χ1n) is 11.0. The van der Waals surface area contributed by atoms with Crippen LogP contribution in [0.5, 0.6) is 11.5 Å². The van der Waals surface area contributed by atoms with Crippen molar-refractivity contribution in [1.29, 1.82) is 0 Å². The average Bonchev–Trinajstić information content (AvgIpc) is 3.18. The standard InChI is InChI=1S/C25H27F3N4O4/c1-15-9-10-17(16(2)11-15)14-31(23(34)35)30-22(33)21-20(13-29-32(21)24(3,4)5)36-19-8-6-7-18(12-19)25(26,27)28/h6-13H,14H2,1-5H3,(H,30,33)(H,34,35). The first-order valence-corrected chi connectivity index (χ1v) is 11.0. The minimum Gasteiger partial charge on any atom is -0.464 e. The number of carboxylic acid groups (broad SMARTS) is 1. The van der Waals surface area contributed by atoms with Crippen molar-refractivity contribution in [2.75, 3.05) is 0 Å². The van der Waals surface area contributed by atoms with Gasteiger partial charge in [0.15, 0.2) is 11.4 Å². The maximum Gasteiger partial charge on any atom is 0.426 e. The van der Waals surface area contributed by atoms with Gasteiger partial charge < -0.3 is 9.84 Å². The molecule has 1 aromatic heterocycles. The normalized spacial score (nSPS) is 11.8. The Morgan fingerprint density at radius 1 is 1.11 bits per heavy atom. The summed E-state index contributed by atoms with van der Waals surface area (Å²) in [5.41, 5.74) is 3.11. The number of rotatable bonds is 5. The van der Waals surface area contributed by atoms with E-state index in [0.29, 0.717) is 5.56 Å². The number of ether oxygens (including phenoxy) is 1. The monoisotopic (exact) mass is 504 g/mol. The number of halogens is 3. The molecule has 192 valence electrons. The molecule has 11 heteroatoms. The fraction of sp³-hybridized carbons (Fsp3) is 0.320. The molecule has 0 atom stereocenters. The summed E-state index contributed by atoms with van der Waals surface area (Å²) >= 11 is 0. The molecular weight excluding hydrogens is 477 g/mol. The Labute approximate surface area is 206 Å². The lowest BCUT2D eigenvalue weighted by Crippen LogP contribution is -2.46. The number of hydrazine groups is 1. The number of aromatic nitrogens is 2. The number of carbonyl (C=O) groups is 2. The summed E-state index contributed by atoms with van der Waals surface area (Å²) in [5, 5.41) is 14.6. The zero-order valence-corrected chi connectivity index (χ0v) is 20.5. The molecule has 1 heterocycles. The van der Waals surface area contributed by atoms with Crippen molar-refractivity contribution in [3.05, 3.63) is 76.6 Å². The molecule has 2 amide bonds. The first-order chi connectivity index (χ1) is 16.7. The molecule has 3 aromatic rings. The van der Waals surface area contributed by atoms with Crippen molar-refractivity contribution >= 4 is 12.0 Å². The van der Waals surface area contributed by atoms with E-state index in [1.54, 1.807) is 26.8 Å². The quantitative estimate of drug-likeness (QED) is 0.422. The number of carbonyl (C=O) groups excluding carboxylic acids is 1. The summed E-state index contributed by atoms with van der Waals surface area (Å²) in [4.78, 5) is 25.2. The maximum atomic E-state index is 13.3. The summed E-state index contributed by atoms with van der Waals surface area (Å²) in [6.07, 6.45) is -4.77. The lowest BCUT2D eigenvalue weighted by Gasteiger charge is -2.25. The van der Waals surface area contributed by atoms with Crippen molar-refractivity contribution in [3.63, 3.8) is 0 Å². The highest BCUT2D eigenvalue weighted by Gasteiger charge is 2.32. The number of hydrogen-bond acceptors (Lipinski definition) is 4. The highest BCUT2D eigenvalue weighted by molar-refractivity contribution is 5.96. The molecule has 0 fully saturated rings. The number of hydrogen-bond donors (Lipinski definition) is 2. The summed E-state index contributed by atoms with van der Waals surface area (Å²) in [6, 6.07) is 9.70. The van der Waals surface area contributed by atoms with Gasteiger partial charge in [-0.1, -0.05) is 29.8 Å². The third kappa shape index (κ3) is 6.15. The van der Waals surface area contributed by atoms with E-state index in [9.17, 15) is 27.9 Å². The van der Waals surface area contributed by atoms with Crippen LogP contribution in [0.2, 0.25) is 0 Å². The van der Waals surface area contributed by atoms with Gasteiger partial charge in [0, 0.05) is 0 Å². The van der Waals surface area contributed by atoms with Crippen molar-refractivity contribution in [2.24, 2.45) is 0 Å². The Bertz CT molecular complexity index is 1280.